The van der Waals surface area contributed by atoms with Crippen molar-refractivity contribution in [1.82, 2.24) is 0 Å². The van der Waals surface area contributed by atoms with Crippen LogP contribution in [0.2, 0.25) is 10.0 Å². The van der Waals surface area contributed by atoms with E-state index in [0.717, 1.165) is 27.6 Å². The molecule has 2 heteroatoms. The van der Waals surface area contributed by atoms with Crippen molar-refractivity contribution in [3.05, 3.63) is 57.6 Å². The number of rotatable bonds is 5. The van der Waals surface area contributed by atoms with Crippen molar-refractivity contribution in [2.75, 3.05) is 0 Å². The molecule has 0 aliphatic rings. The number of benzene rings is 2. The third-order valence-corrected chi connectivity index (χ3v) is 4.71. The molecule has 112 valence electrons. The molecule has 0 bridgehead atoms. The molecule has 0 radical (unpaired) electrons. The minimum atomic E-state index is 0.572. The third kappa shape index (κ3) is 3.81. The van der Waals surface area contributed by atoms with Gasteiger partial charge < -0.3 is 0 Å². The zero-order valence-corrected chi connectivity index (χ0v) is 14.4. The van der Waals surface area contributed by atoms with E-state index in [9.17, 15) is 0 Å². The Hall–Kier alpha value is -0.980. The highest BCUT2D eigenvalue weighted by molar-refractivity contribution is 6.32. The van der Waals surface area contributed by atoms with E-state index in [1.54, 1.807) is 0 Å². The van der Waals surface area contributed by atoms with Crippen LogP contribution in [0.5, 0.6) is 0 Å². The lowest BCUT2D eigenvalue weighted by Crippen LogP contribution is -2.00. The quantitative estimate of drug-likeness (QED) is 0.543. The average Bonchev–Trinajstić information content (AvgIpc) is 2.48. The van der Waals surface area contributed by atoms with E-state index < -0.39 is 0 Å². The highest BCUT2D eigenvalue weighted by Gasteiger charge is 2.15. The summed E-state index contributed by atoms with van der Waals surface area (Å²) < 4.78 is 0. The van der Waals surface area contributed by atoms with Crippen LogP contribution in [0.1, 0.15) is 50.2 Å². The lowest BCUT2D eigenvalue weighted by molar-refractivity contribution is 0.597. The van der Waals surface area contributed by atoms with Gasteiger partial charge in [-0.3, -0.25) is 0 Å². The van der Waals surface area contributed by atoms with Gasteiger partial charge in [-0.2, -0.15) is 0 Å². The van der Waals surface area contributed by atoms with Gasteiger partial charge >= 0.3 is 0 Å². The fourth-order valence-corrected chi connectivity index (χ4v) is 3.18. The fourth-order valence-electron chi connectivity index (χ4n) is 2.82. The molecule has 0 spiro atoms. The molecule has 1 atom stereocenters. The molecule has 0 fully saturated rings. The van der Waals surface area contributed by atoms with E-state index in [2.05, 4.69) is 38.1 Å². The molecule has 0 aromatic heterocycles. The van der Waals surface area contributed by atoms with Gasteiger partial charge in [0.2, 0.25) is 0 Å². The molecule has 0 amide bonds. The summed E-state index contributed by atoms with van der Waals surface area (Å²) in [6.45, 7) is 6.51. The Bertz CT molecular complexity index is 617. The van der Waals surface area contributed by atoms with Crippen molar-refractivity contribution in [1.29, 1.82) is 0 Å². The SMILES string of the molecule is CCCC(CC)c1ccc(Cl)cc1-c1ccc(C)c(Cl)c1. The largest absolute Gasteiger partial charge is 0.0843 e. The van der Waals surface area contributed by atoms with E-state index in [1.165, 1.54) is 24.0 Å². The van der Waals surface area contributed by atoms with E-state index in [4.69, 9.17) is 23.2 Å². The van der Waals surface area contributed by atoms with Crippen molar-refractivity contribution in [2.45, 2.75) is 46.0 Å². The number of aryl methyl sites for hydroxylation is 1. The molecule has 0 aliphatic carbocycles. The Balaban J connectivity index is 2.55. The molecule has 1 unspecified atom stereocenters. The standard InChI is InChI=1S/C19H22Cl2/c1-4-6-14(5-2)17-10-9-16(20)12-18(17)15-8-7-13(3)19(21)11-15/h7-12,14H,4-6H2,1-3H3. The number of halogens is 2. The minimum Gasteiger partial charge on any atom is -0.0843 e. The predicted octanol–water partition coefficient (Wildman–Crippen LogP) is 7.26. The molecule has 0 N–H and O–H groups in total. The summed E-state index contributed by atoms with van der Waals surface area (Å²) in [4.78, 5) is 0. The molecule has 2 rings (SSSR count). The van der Waals surface area contributed by atoms with E-state index in [1.807, 2.05) is 19.1 Å². The second kappa shape index (κ2) is 7.33. The summed E-state index contributed by atoms with van der Waals surface area (Å²) in [5.74, 6) is 0.572. The molecule has 0 saturated carbocycles. The molecule has 0 heterocycles. The molecule has 0 aliphatic heterocycles. The summed E-state index contributed by atoms with van der Waals surface area (Å²) in [6.07, 6.45) is 3.53. The van der Waals surface area contributed by atoms with Gasteiger partial charge in [-0.15, -0.1) is 0 Å². The van der Waals surface area contributed by atoms with Crippen molar-refractivity contribution in [3.63, 3.8) is 0 Å². The van der Waals surface area contributed by atoms with Crippen LogP contribution in [0.15, 0.2) is 36.4 Å². The summed E-state index contributed by atoms with van der Waals surface area (Å²) in [7, 11) is 0. The number of hydrogen-bond acceptors (Lipinski definition) is 0. The summed E-state index contributed by atoms with van der Waals surface area (Å²) in [5, 5.41) is 1.58. The molecule has 21 heavy (non-hydrogen) atoms. The molecule has 0 nitrogen and oxygen atoms in total. The Morgan fingerprint density at radius 1 is 1.00 bits per heavy atom. The summed E-state index contributed by atoms with van der Waals surface area (Å²) in [6, 6.07) is 12.5. The van der Waals surface area contributed by atoms with Crippen LogP contribution in [0.4, 0.5) is 0 Å². The maximum atomic E-state index is 6.30. The molecular weight excluding hydrogens is 299 g/mol. The van der Waals surface area contributed by atoms with Crippen molar-refractivity contribution in [2.24, 2.45) is 0 Å². The van der Waals surface area contributed by atoms with Crippen molar-refractivity contribution in [3.8, 4) is 11.1 Å². The fraction of sp³-hybridized carbons (Fsp3) is 0.368. The minimum absolute atomic E-state index is 0.572. The average molecular weight is 321 g/mol. The molecule has 0 saturated heterocycles. The Kier molecular flexibility index (Phi) is 5.72. The van der Waals surface area contributed by atoms with Gasteiger partial charge in [-0.25, -0.2) is 0 Å². The summed E-state index contributed by atoms with van der Waals surface area (Å²) in [5.41, 5.74) is 4.84. The highest BCUT2D eigenvalue weighted by atomic mass is 35.5. The van der Waals surface area contributed by atoms with Crippen LogP contribution in [0.3, 0.4) is 0 Å². The van der Waals surface area contributed by atoms with Crippen LogP contribution < -0.4 is 0 Å². The van der Waals surface area contributed by atoms with Gasteiger partial charge in [0.1, 0.15) is 0 Å². The topological polar surface area (TPSA) is 0 Å². The van der Waals surface area contributed by atoms with Crippen molar-refractivity contribution < 1.29 is 0 Å². The second-order valence-corrected chi connectivity index (χ2v) is 6.43. The first kappa shape index (κ1) is 16.4. The first-order valence-electron chi connectivity index (χ1n) is 7.62. The first-order valence-corrected chi connectivity index (χ1v) is 8.38. The second-order valence-electron chi connectivity index (χ2n) is 5.59. The number of hydrogen-bond donors (Lipinski definition) is 0. The monoisotopic (exact) mass is 320 g/mol. The highest BCUT2D eigenvalue weighted by Crippen LogP contribution is 2.36. The van der Waals surface area contributed by atoms with E-state index in [0.29, 0.717) is 5.92 Å². The zero-order chi connectivity index (χ0) is 15.4. The van der Waals surface area contributed by atoms with Crippen LogP contribution in [-0.4, -0.2) is 0 Å². The maximum absolute atomic E-state index is 6.30. The first-order chi connectivity index (χ1) is 10.1. The van der Waals surface area contributed by atoms with Crippen LogP contribution in [0.25, 0.3) is 11.1 Å². The molecular formula is C19H22Cl2. The lowest BCUT2D eigenvalue weighted by Gasteiger charge is -2.19. The van der Waals surface area contributed by atoms with Gasteiger partial charge in [-0.1, -0.05) is 61.7 Å². The molecule has 2 aromatic carbocycles. The van der Waals surface area contributed by atoms with Crippen LogP contribution in [-0.2, 0) is 0 Å². The maximum Gasteiger partial charge on any atom is 0.0441 e. The smallest absolute Gasteiger partial charge is 0.0441 e. The van der Waals surface area contributed by atoms with Gasteiger partial charge in [0.25, 0.3) is 0 Å². The van der Waals surface area contributed by atoms with Crippen LogP contribution in [0, 0.1) is 6.92 Å². The predicted molar refractivity (Wildman–Crippen MR) is 94.6 cm³/mol. The van der Waals surface area contributed by atoms with E-state index in [-0.39, 0.29) is 0 Å². The third-order valence-electron chi connectivity index (χ3n) is 4.07. The van der Waals surface area contributed by atoms with Gasteiger partial charge in [0.15, 0.2) is 0 Å². The zero-order valence-electron chi connectivity index (χ0n) is 12.9. The molecule has 2 aromatic rings. The summed E-state index contributed by atoms with van der Waals surface area (Å²) >= 11 is 12.5. The van der Waals surface area contributed by atoms with Gasteiger partial charge in [0, 0.05) is 10.0 Å². The lowest BCUT2D eigenvalue weighted by atomic mass is 9.86. The normalized spacial score (nSPS) is 12.4. The van der Waals surface area contributed by atoms with Crippen LogP contribution >= 0.6 is 23.2 Å². The Labute approximate surface area is 138 Å². The van der Waals surface area contributed by atoms with Gasteiger partial charge in [-0.05, 0) is 66.1 Å². The van der Waals surface area contributed by atoms with Crippen molar-refractivity contribution >= 4 is 23.2 Å². The van der Waals surface area contributed by atoms with E-state index >= 15 is 0 Å². The van der Waals surface area contributed by atoms with Gasteiger partial charge in [0.05, 0.1) is 0 Å². The Morgan fingerprint density at radius 3 is 2.38 bits per heavy atom. The Morgan fingerprint density at radius 2 is 1.76 bits per heavy atom.